The molecule has 2 aromatic heterocycles. The highest BCUT2D eigenvalue weighted by Crippen LogP contribution is 2.29. The quantitative estimate of drug-likeness (QED) is 0.341. The number of carbonyl (C=O) groups excluding carboxylic acids is 1. The van der Waals surface area contributed by atoms with Crippen LogP contribution < -0.4 is 0 Å². The Morgan fingerprint density at radius 1 is 1.15 bits per heavy atom. The lowest BCUT2D eigenvalue weighted by atomic mass is 9.84. The van der Waals surface area contributed by atoms with E-state index in [0.29, 0.717) is 23.5 Å². The number of carbonyl (C=O) groups is 1. The molecule has 1 amide bonds. The number of likely N-dealkylation sites (tertiary alicyclic amines) is 1. The number of likely N-dealkylation sites (N-methyl/N-ethyl adjacent to an activating group) is 1. The predicted octanol–water partition coefficient (Wildman–Crippen LogP) is 5.49. The fourth-order valence-corrected chi connectivity index (χ4v) is 6.08. The minimum Gasteiger partial charge on any atom is -0.338 e. The summed E-state index contributed by atoms with van der Waals surface area (Å²) in [5.74, 6) is 0.122. The molecule has 0 radical (unpaired) electrons. The van der Waals surface area contributed by atoms with Gasteiger partial charge in [-0.1, -0.05) is 24.3 Å². The molecule has 5 rings (SSSR count). The van der Waals surface area contributed by atoms with Crippen molar-refractivity contribution in [2.24, 2.45) is 5.92 Å². The molecule has 34 heavy (non-hydrogen) atoms. The second-order valence-electron chi connectivity index (χ2n) is 8.99. The largest absolute Gasteiger partial charge is 0.338 e. The molecular weight excluding hydrogens is 467 g/mol. The Bertz CT molecular complexity index is 1250. The summed E-state index contributed by atoms with van der Waals surface area (Å²) in [5.41, 5.74) is 4.52. The first kappa shape index (κ1) is 23.1. The molecule has 0 spiro atoms. The molecule has 176 valence electrons. The van der Waals surface area contributed by atoms with Crippen LogP contribution in [0.2, 0.25) is 0 Å². The third-order valence-corrected chi connectivity index (χ3v) is 8.11. The Kier molecular flexibility index (Phi) is 6.99. The van der Waals surface area contributed by atoms with E-state index in [-0.39, 0.29) is 17.8 Å². The topological polar surface area (TPSA) is 49.3 Å². The second-order valence-corrected chi connectivity index (χ2v) is 10.3. The number of nitrogens with zero attached hydrogens (tertiary/aromatic N) is 4. The maximum Gasteiger partial charge on any atom is 0.254 e. The number of benzene rings is 2. The van der Waals surface area contributed by atoms with Crippen molar-refractivity contribution in [1.29, 1.82) is 0 Å². The SMILES string of the molecule is CN(C(=O)c1ccsc1)[C@H](Cc1ccccc1F)C1CCN(Cc2ccc3nsnc3c2)CC1. The van der Waals surface area contributed by atoms with E-state index in [0.717, 1.165) is 43.5 Å². The van der Waals surface area contributed by atoms with Gasteiger partial charge in [0.25, 0.3) is 5.91 Å². The molecule has 5 nitrogen and oxygen atoms in total. The van der Waals surface area contributed by atoms with Gasteiger partial charge in [0.15, 0.2) is 0 Å². The number of rotatable bonds is 7. The lowest BCUT2D eigenvalue weighted by molar-refractivity contribution is 0.0584. The first-order chi connectivity index (χ1) is 16.6. The number of hydrogen-bond donors (Lipinski definition) is 0. The van der Waals surface area contributed by atoms with Crippen LogP contribution in [0.4, 0.5) is 4.39 Å². The van der Waals surface area contributed by atoms with Crippen molar-refractivity contribution in [3.8, 4) is 0 Å². The van der Waals surface area contributed by atoms with E-state index in [1.807, 2.05) is 47.0 Å². The van der Waals surface area contributed by atoms with Crippen LogP contribution in [0.25, 0.3) is 11.0 Å². The van der Waals surface area contributed by atoms with E-state index >= 15 is 0 Å². The van der Waals surface area contributed by atoms with Gasteiger partial charge in [0.1, 0.15) is 16.9 Å². The fourth-order valence-electron chi connectivity index (χ4n) is 4.93. The molecule has 1 aliphatic rings. The Balaban J connectivity index is 1.29. The Hall–Kier alpha value is -2.68. The maximum absolute atomic E-state index is 14.5. The summed E-state index contributed by atoms with van der Waals surface area (Å²) in [4.78, 5) is 17.5. The number of piperidine rings is 1. The number of halogens is 1. The van der Waals surface area contributed by atoms with Crippen molar-refractivity contribution in [3.05, 3.63) is 81.8 Å². The van der Waals surface area contributed by atoms with Crippen LogP contribution >= 0.6 is 23.1 Å². The molecular formula is C26H27FN4OS2. The summed E-state index contributed by atoms with van der Waals surface area (Å²) < 4.78 is 23.2. The van der Waals surface area contributed by atoms with Crippen molar-refractivity contribution in [3.63, 3.8) is 0 Å². The van der Waals surface area contributed by atoms with Crippen LogP contribution in [0.5, 0.6) is 0 Å². The van der Waals surface area contributed by atoms with Gasteiger partial charge in [-0.05, 0) is 79.0 Å². The predicted molar refractivity (Wildman–Crippen MR) is 136 cm³/mol. The lowest BCUT2D eigenvalue weighted by Gasteiger charge is -2.40. The van der Waals surface area contributed by atoms with Crippen molar-refractivity contribution < 1.29 is 9.18 Å². The van der Waals surface area contributed by atoms with E-state index in [2.05, 4.69) is 25.8 Å². The summed E-state index contributed by atoms with van der Waals surface area (Å²) in [6, 6.07) is 15.0. The highest BCUT2D eigenvalue weighted by atomic mass is 32.1. The number of amides is 1. The highest BCUT2D eigenvalue weighted by molar-refractivity contribution is 7.08. The first-order valence-corrected chi connectivity index (χ1v) is 13.2. The van der Waals surface area contributed by atoms with Crippen molar-refractivity contribution in [2.45, 2.75) is 31.8 Å². The molecule has 8 heteroatoms. The van der Waals surface area contributed by atoms with Gasteiger partial charge in [0.2, 0.25) is 0 Å². The van der Waals surface area contributed by atoms with E-state index < -0.39 is 0 Å². The molecule has 1 fully saturated rings. The van der Waals surface area contributed by atoms with Gasteiger partial charge in [-0.2, -0.15) is 20.1 Å². The number of fused-ring (bicyclic) bond motifs is 1. The van der Waals surface area contributed by atoms with E-state index in [1.54, 1.807) is 6.07 Å². The molecule has 0 N–H and O–H groups in total. The van der Waals surface area contributed by atoms with Gasteiger partial charge in [0.05, 0.1) is 17.3 Å². The van der Waals surface area contributed by atoms with Gasteiger partial charge in [0, 0.05) is 25.0 Å². The molecule has 0 bridgehead atoms. The highest BCUT2D eigenvalue weighted by Gasteiger charge is 2.32. The van der Waals surface area contributed by atoms with Gasteiger partial charge in [-0.15, -0.1) is 0 Å². The summed E-state index contributed by atoms with van der Waals surface area (Å²) in [6.45, 7) is 2.78. The third-order valence-electron chi connectivity index (χ3n) is 6.87. The second kappa shape index (κ2) is 10.3. The standard InChI is InChI=1S/C26H27FN4OS2/c1-30(26(32)21-10-13-33-17-21)25(15-20-4-2-3-5-22(20)27)19-8-11-31(12-9-19)16-18-6-7-23-24(14-18)29-34-28-23/h2-7,10,13-14,17,19,25H,8-9,11-12,15-16H2,1H3/t25-/m1/s1. The van der Waals surface area contributed by atoms with Gasteiger partial charge in [-0.3, -0.25) is 9.69 Å². The molecule has 1 atom stereocenters. The number of aromatic nitrogens is 2. The summed E-state index contributed by atoms with van der Waals surface area (Å²) in [7, 11) is 1.87. The summed E-state index contributed by atoms with van der Waals surface area (Å²) in [5, 5.41) is 3.81. The molecule has 0 unspecified atom stereocenters. The van der Waals surface area contributed by atoms with Gasteiger partial charge in [-0.25, -0.2) is 4.39 Å². The summed E-state index contributed by atoms with van der Waals surface area (Å²) >= 11 is 2.76. The van der Waals surface area contributed by atoms with E-state index in [1.165, 1.54) is 34.7 Å². The van der Waals surface area contributed by atoms with Crippen molar-refractivity contribution in [2.75, 3.05) is 20.1 Å². The average Bonchev–Trinajstić information content (AvgIpc) is 3.55. The zero-order valence-electron chi connectivity index (χ0n) is 19.1. The molecule has 1 aliphatic heterocycles. The molecule has 2 aromatic carbocycles. The third kappa shape index (κ3) is 5.04. The van der Waals surface area contributed by atoms with Crippen LogP contribution in [0.15, 0.2) is 59.3 Å². The normalized spacial score (nSPS) is 16.1. The number of thiophene rings is 1. The molecule has 0 aliphatic carbocycles. The average molecular weight is 495 g/mol. The zero-order valence-corrected chi connectivity index (χ0v) is 20.7. The molecule has 4 aromatic rings. The van der Waals surface area contributed by atoms with Crippen LogP contribution in [0.1, 0.15) is 34.3 Å². The Morgan fingerprint density at radius 2 is 1.94 bits per heavy atom. The molecule has 0 saturated carbocycles. The van der Waals surface area contributed by atoms with Gasteiger partial charge >= 0.3 is 0 Å². The van der Waals surface area contributed by atoms with E-state index in [4.69, 9.17) is 0 Å². The van der Waals surface area contributed by atoms with Crippen LogP contribution in [0, 0.1) is 11.7 Å². The Labute approximate surface area is 207 Å². The molecule has 3 heterocycles. The minimum atomic E-state index is -0.201. The van der Waals surface area contributed by atoms with E-state index in [9.17, 15) is 9.18 Å². The Morgan fingerprint density at radius 3 is 2.71 bits per heavy atom. The van der Waals surface area contributed by atoms with Crippen LogP contribution in [-0.2, 0) is 13.0 Å². The molecule has 1 saturated heterocycles. The lowest BCUT2D eigenvalue weighted by Crippen LogP contribution is -2.47. The minimum absolute atomic E-state index is 0.00944. The van der Waals surface area contributed by atoms with Gasteiger partial charge < -0.3 is 4.90 Å². The zero-order chi connectivity index (χ0) is 23.5. The van der Waals surface area contributed by atoms with Crippen molar-refractivity contribution in [1.82, 2.24) is 18.5 Å². The maximum atomic E-state index is 14.5. The summed E-state index contributed by atoms with van der Waals surface area (Å²) in [6.07, 6.45) is 2.47. The number of hydrogen-bond acceptors (Lipinski definition) is 6. The monoisotopic (exact) mass is 494 g/mol. The van der Waals surface area contributed by atoms with Crippen molar-refractivity contribution >= 4 is 40.0 Å². The smallest absolute Gasteiger partial charge is 0.254 e. The first-order valence-electron chi connectivity index (χ1n) is 11.5. The van der Waals surface area contributed by atoms with Crippen LogP contribution in [-0.4, -0.2) is 50.6 Å². The fraction of sp³-hybridized carbons (Fsp3) is 0.346. The van der Waals surface area contributed by atoms with Crippen LogP contribution in [0.3, 0.4) is 0 Å².